The van der Waals surface area contributed by atoms with Gasteiger partial charge in [0.25, 0.3) is 0 Å². The third-order valence-corrected chi connectivity index (χ3v) is 5.80. The highest BCUT2D eigenvalue weighted by Gasteiger charge is 2.16. The van der Waals surface area contributed by atoms with Crippen molar-refractivity contribution in [3.63, 3.8) is 0 Å². The van der Waals surface area contributed by atoms with Crippen LogP contribution in [0.5, 0.6) is 11.5 Å². The van der Waals surface area contributed by atoms with E-state index in [1.54, 1.807) is 32.0 Å². The van der Waals surface area contributed by atoms with E-state index in [9.17, 15) is 0 Å². The van der Waals surface area contributed by atoms with Crippen molar-refractivity contribution in [1.82, 2.24) is 14.8 Å². The zero-order valence-electron chi connectivity index (χ0n) is 15.5. The van der Waals surface area contributed by atoms with Crippen molar-refractivity contribution in [3.8, 4) is 22.9 Å². The molecular weight excluding hydrogens is 417 g/mol. The fraction of sp³-hybridized carbons (Fsp3) is 0.200. The molecule has 3 aromatic rings. The molecule has 28 heavy (non-hydrogen) atoms. The Morgan fingerprint density at radius 2 is 1.82 bits per heavy atom. The molecule has 2 aromatic carbocycles. The van der Waals surface area contributed by atoms with Gasteiger partial charge in [0.05, 0.1) is 24.3 Å². The zero-order chi connectivity index (χ0) is 20.1. The van der Waals surface area contributed by atoms with Crippen LogP contribution in [-0.2, 0) is 12.3 Å². The van der Waals surface area contributed by atoms with Gasteiger partial charge >= 0.3 is 0 Å². The number of aromatic nitrogens is 3. The van der Waals surface area contributed by atoms with E-state index in [4.69, 9.17) is 32.7 Å². The fourth-order valence-electron chi connectivity index (χ4n) is 2.66. The van der Waals surface area contributed by atoms with Gasteiger partial charge in [0, 0.05) is 17.9 Å². The zero-order valence-corrected chi connectivity index (χ0v) is 17.8. The van der Waals surface area contributed by atoms with Crippen LogP contribution in [0.15, 0.2) is 54.2 Å². The number of rotatable bonds is 8. The molecule has 0 aliphatic carbocycles. The summed E-state index contributed by atoms with van der Waals surface area (Å²) in [6.07, 6.45) is 1.82. The highest BCUT2D eigenvalue weighted by Crippen LogP contribution is 2.33. The number of allylic oxidation sites excluding steroid dienone is 1. The summed E-state index contributed by atoms with van der Waals surface area (Å²) in [5, 5.41) is 10.6. The number of thioether (sulfide) groups is 1. The van der Waals surface area contributed by atoms with E-state index < -0.39 is 0 Å². The van der Waals surface area contributed by atoms with Crippen molar-refractivity contribution in [3.05, 3.63) is 64.7 Å². The number of halogens is 2. The lowest BCUT2D eigenvalue weighted by Gasteiger charge is -2.11. The van der Waals surface area contributed by atoms with Gasteiger partial charge in [0.2, 0.25) is 0 Å². The number of nitrogens with zero attached hydrogens (tertiary/aromatic N) is 3. The molecule has 0 saturated carbocycles. The van der Waals surface area contributed by atoms with E-state index in [0.29, 0.717) is 33.8 Å². The second-order valence-electron chi connectivity index (χ2n) is 5.81. The van der Waals surface area contributed by atoms with Crippen LogP contribution in [0.4, 0.5) is 0 Å². The van der Waals surface area contributed by atoms with Gasteiger partial charge in [-0.1, -0.05) is 47.1 Å². The van der Waals surface area contributed by atoms with E-state index in [1.165, 1.54) is 0 Å². The van der Waals surface area contributed by atoms with Crippen molar-refractivity contribution in [2.75, 3.05) is 14.2 Å². The number of benzene rings is 2. The molecule has 8 heteroatoms. The van der Waals surface area contributed by atoms with Crippen LogP contribution in [0.2, 0.25) is 10.0 Å². The summed E-state index contributed by atoms with van der Waals surface area (Å²) < 4.78 is 12.7. The molecule has 1 heterocycles. The monoisotopic (exact) mass is 435 g/mol. The summed E-state index contributed by atoms with van der Waals surface area (Å²) in [6.45, 7) is 4.43. The predicted octanol–water partition coefficient (Wildman–Crippen LogP) is 5.75. The molecule has 0 fully saturated rings. The van der Waals surface area contributed by atoms with E-state index in [2.05, 4.69) is 16.8 Å². The number of hydrogen-bond acceptors (Lipinski definition) is 5. The first-order valence-electron chi connectivity index (χ1n) is 8.40. The fourth-order valence-corrected chi connectivity index (χ4v) is 3.87. The normalized spacial score (nSPS) is 10.7. The lowest BCUT2D eigenvalue weighted by atomic mass is 10.2. The Labute approximate surface area is 178 Å². The topological polar surface area (TPSA) is 49.2 Å². The molecule has 0 atom stereocenters. The van der Waals surface area contributed by atoms with Crippen LogP contribution < -0.4 is 9.47 Å². The molecule has 0 amide bonds. The second-order valence-corrected chi connectivity index (χ2v) is 7.57. The Bertz CT molecular complexity index is 992. The van der Waals surface area contributed by atoms with Gasteiger partial charge in [-0.2, -0.15) is 0 Å². The molecule has 3 rings (SSSR count). The van der Waals surface area contributed by atoms with Crippen molar-refractivity contribution < 1.29 is 9.47 Å². The first kappa shape index (κ1) is 20.6. The Balaban J connectivity index is 1.89. The first-order chi connectivity index (χ1) is 13.6. The van der Waals surface area contributed by atoms with Gasteiger partial charge in [-0.25, -0.2) is 0 Å². The van der Waals surface area contributed by atoms with E-state index in [1.807, 2.05) is 41.0 Å². The van der Waals surface area contributed by atoms with Gasteiger partial charge in [-0.3, -0.25) is 4.57 Å². The van der Waals surface area contributed by atoms with Crippen molar-refractivity contribution >= 4 is 35.0 Å². The van der Waals surface area contributed by atoms with Crippen LogP contribution in [0.25, 0.3) is 11.4 Å². The lowest BCUT2D eigenvalue weighted by Crippen LogP contribution is -2.01. The maximum absolute atomic E-state index is 6.10. The number of ether oxygens (including phenoxy) is 2. The van der Waals surface area contributed by atoms with Gasteiger partial charge in [-0.05, 0) is 35.9 Å². The SMILES string of the molecule is C=CCn1c(SCc2ccc(Cl)c(Cl)c2)nnc1-c1ccc(OC)c(OC)c1. The highest BCUT2D eigenvalue weighted by molar-refractivity contribution is 7.98. The largest absolute Gasteiger partial charge is 0.493 e. The predicted molar refractivity (Wildman–Crippen MR) is 115 cm³/mol. The molecule has 1 aromatic heterocycles. The summed E-state index contributed by atoms with van der Waals surface area (Å²) in [6, 6.07) is 11.3. The lowest BCUT2D eigenvalue weighted by molar-refractivity contribution is 0.355. The summed E-state index contributed by atoms with van der Waals surface area (Å²) in [5.74, 6) is 2.73. The first-order valence-corrected chi connectivity index (χ1v) is 10.1. The molecule has 0 aliphatic rings. The van der Waals surface area contributed by atoms with Crippen molar-refractivity contribution in [2.45, 2.75) is 17.5 Å². The van der Waals surface area contributed by atoms with Crippen molar-refractivity contribution in [2.24, 2.45) is 0 Å². The number of methoxy groups -OCH3 is 2. The number of hydrogen-bond donors (Lipinski definition) is 0. The summed E-state index contributed by atoms with van der Waals surface area (Å²) >= 11 is 13.7. The molecule has 0 saturated heterocycles. The smallest absolute Gasteiger partial charge is 0.192 e. The quantitative estimate of drug-likeness (QED) is 0.333. The maximum Gasteiger partial charge on any atom is 0.192 e. The molecule has 5 nitrogen and oxygen atoms in total. The van der Waals surface area contributed by atoms with Crippen LogP contribution in [0, 0.1) is 0 Å². The van der Waals surface area contributed by atoms with E-state index >= 15 is 0 Å². The summed E-state index contributed by atoms with van der Waals surface area (Å²) in [4.78, 5) is 0. The van der Waals surface area contributed by atoms with Crippen LogP contribution in [0.3, 0.4) is 0 Å². The molecule has 146 valence electrons. The molecule has 0 N–H and O–H groups in total. The van der Waals surface area contributed by atoms with Gasteiger partial charge in [-0.15, -0.1) is 16.8 Å². The molecular formula is C20H19Cl2N3O2S. The molecule has 0 unspecified atom stereocenters. The molecule has 0 spiro atoms. The van der Waals surface area contributed by atoms with Crippen LogP contribution >= 0.6 is 35.0 Å². The van der Waals surface area contributed by atoms with Gasteiger partial charge in [0.1, 0.15) is 0 Å². The minimum Gasteiger partial charge on any atom is -0.493 e. The Kier molecular flexibility index (Phi) is 6.88. The van der Waals surface area contributed by atoms with Gasteiger partial charge in [0.15, 0.2) is 22.5 Å². The minimum absolute atomic E-state index is 0.540. The summed E-state index contributed by atoms with van der Waals surface area (Å²) in [7, 11) is 3.21. The maximum atomic E-state index is 6.10. The standard InChI is InChI=1S/C20H19Cl2N3O2S/c1-4-9-25-19(14-6-8-17(26-2)18(11-14)27-3)23-24-20(25)28-12-13-5-7-15(21)16(22)10-13/h4-8,10-11H,1,9,12H2,2-3H3. The average Bonchev–Trinajstić information content (AvgIpc) is 3.11. The third-order valence-electron chi connectivity index (χ3n) is 4.02. The molecule has 0 radical (unpaired) electrons. The Morgan fingerprint density at radius 3 is 2.50 bits per heavy atom. The van der Waals surface area contributed by atoms with Gasteiger partial charge < -0.3 is 9.47 Å². The molecule has 0 bridgehead atoms. The molecule has 0 aliphatic heterocycles. The van der Waals surface area contributed by atoms with Crippen LogP contribution in [0.1, 0.15) is 5.56 Å². The average molecular weight is 436 g/mol. The van der Waals surface area contributed by atoms with Crippen LogP contribution in [-0.4, -0.2) is 29.0 Å². The van der Waals surface area contributed by atoms with E-state index in [-0.39, 0.29) is 0 Å². The second kappa shape index (κ2) is 9.37. The Hall–Kier alpha value is -2.15. The Morgan fingerprint density at radius 1 is 1.04 bits per heavy atom. The third kappa shape index (κ3) is 4.46. The summed E-state index contributed by atoms with van der Waals surface area (Å²) in [5.41, 5.74) is 1.94. The van der Waals surface area contributed by atoms with E-state index in [0.717, 1.165) is 22.1 Å². The minimum atomic E-state index is 0.540. The van der Waals surface area contributed by atoms with Crippen molar-refractivity contribution in [1.29, 1.82) is 0 Å². The highest BCUT2D eigenvalue weighted by atomic mass is 35.5.